The SMILES string of the molecule is COc1cc(O)c(C(=O)C(F)(F)F)c(O)c1C. The predicted octanol–water partition coefficient (Wildman–Crippen LogP) is 2.16. The molecule has 7 heteroatoms. The Morgan fingerprint density at radius 1 is 1.35 bits per heavy atom. The summed E-state index contributed by atoms with van der Waals surface area (Å²) in [6.45, 7) is 1.26. The van der Waals surface area contributed by atoms with Crippen molar-refractivity contribution in [2.24, 2.45) is 0 Å². The molecule has 0 radical (unpaired) electrons. The second kappa shape index (κ2) is 4.15. The van der Waals surface area contributed by atoms with Crippen molar-refractivity contribution in [2.45, 2.75) is 13.1 Å². The molecule has 0 saturated carbocycles. The van der Waals surface area contributed by atoms with Crippen molar-refractivity contribution in [3.8, 4) is 17.2 Å². The molecule has 0 spiro atoms. The van der Waals surface area contributed by atoms with Crippen molar-refractivity contribution < 1.29 is 32.9 Å². The molecule has 2 N–H and O–H groups in total. The summed E-state index contributed by atoms with van der Waals surface area (Å²) < 4.78 is 41.3. The number of phenolic OH excluding ortho intramolecular Hbond substituents is 2. The lowest BCUT2D eigenvalue weighted by Gasteiger charge is -2.13. The number of methoxy groups -OCH3 is 1. The largest absolute Gasteiger partial charge is 0.507 e. The summed E-state index contributed by atoms with van der Waals surface area (Å²) in [5.41, 5.74) is -1.23. The maximum Gasteiger partial charge on any atom is 0.455 e. The number of ether oxygens (including phenoxy) is 1. The fourth-order valence-corrected chi connectivity index (χ4v) is 1.31. The van der Waals surface area contributed by atoms with Crippen LogP contribution in [0.1, 0.15) is 15.9 Å². The van der Waals surface area contributed by atoms with Gasteiger partial charge in [-0.25, -0.2) is 0 Å². The Hall–Kier alpha value is -1.92. The predicted molar refractivity (Wildman–Crippen MR) is 51.4 cm³/mol. The van der Waals surface area contributed by atoms with Crippen molar-refractivity contribution in [2.75, 3.05) is 7.11 Å². The number of hydrogen-bond acceptors (Lipinski definition) is 4. The number of hydrogen-bond donors (Lipinski definition) is 2. The van der Waals surface area contributed by atoms with Crippen molar-refractivity contribution >= 4 is 5.78 Å². The van der Waals surface area contributed by atoms with E-state index < -0.39 is 29.0 Å². The van der Waals surface area contributed by atoms with Crippen molar-refractivity contribution in [1.29, 1.82) is 0 Å². The molecule has 17 heavy (non-hydrogen) atoms. The summed E-state index contributed by atoms with van der Waals surface area (Å²) in [5, 5.41) is 18.8. The molecule has 0 bridgehead atoms. The third-order valence-electron chi connectivity index (χ3n) is 2.19. The maximum atomic E-state index is 12.2. The highest BCUT2D eigenvalue weighted by Crippen LogP contribution is 2.40. The quantitative estimate of drug-likeness (QED) is 0.789. The highest BCUT2D eigenvalue weighted by molar-refractivity contribution is 6.05. The Labute approximate surface area is 94.3 Å². The van der Waals surface area contributed by atoms with Gasteiger partial charge in [0.25, 0.3) is 5.78 Å². The monoisotopic (exact) mass is 250 g/mol. The van der Waals surface area contributed by atoms with Gasteiger partial charge in [0.2, 0.25) is 0 Å². The van der Waals surface area contributed by atoms with Crippen LogP contribution in [0.3, 0.4) is 0 Å². The molecule has 0 saturated heterocycles. The van der Waals surface area contributed by atoms with E-state index in [1.54, 1.807) is 0 Å². The number of aromatic hydroxyl groups is 2. The van der Waals surface area contributed by atoms with E-state index in [0.29, 0.717) is 0 Å². The van der Waals surface area contributed by atoms with Gasteiger partial charge in [-0.2, -0.15) is 13.2 Å². The number of phenols is 2. The van der Waals surface area contributed by atoms with E-state index in [2.05, 4.69) is 0 Å². The number of rotatable bonds is 2. The molecule has 0 aliphatic heterocycles. The normalized spacial score (nSPS) is 11.4. The number of Topliss-reactive ketones (excluding diaryl/α,β-unsaturated/α-hetero) is 1. The zero-order valence-electron chi connectivity index (χ0n) is 8.92. The fraction of sp³-hybridized carbons (Fsp3) is 0.300. The summed E-state index contributed by atoms with van der Waals surface area (Å²) >= 11 is 0. The summed E-state index contributed by atoms with van der Waals surface area (Å²) in [6, 6.07) is 0.841. The van der Waals surface area contributed by atoms with Crippen LogP contribution in [0, 0.1) is 6.92 Å². The van der Waals surface area contributed by atoms with Gasteiger partial charge >= 0.3 is 6.18 Å². The van der Waals surface area contributed by atoms with Gasteiger partial charge in [0.1, 0.15) is 22.8 Å². The van der Waals surface area contributed by atoms with Crippen molar-refractivity contribution in [3.63, 3.8) is 0 Å². The number of carbonyl (C=O) groups excluding carboxylic acids is 1. The van der Waals surface area contributed by atoms with Crippen LogP contribution >= 0.6 is 0 Å². The first-order valence-electron chi connectivity index (χ1n) is 4.41. The Balaban J connectivity index is 3.47. The molecule has 0 unspecified atom stereocenters. The third kappa shape index (κ3) is 2.27. The molecule has 94 valence electrons. The third-order valence-corrected chi connectivity index (χ3v) is 2.19. The Kier molecular flexibility index (Phi) is 3.21. The van der Waals surface area contributed by atoms with Gasteiger partial charge < -0.3 is 14.9 Å². The second-order valence-corrected chi connectivity index (χ2v) is 3.27. The maximum absolute atomic E-state index is 12.2. The van der Waals surface area contributed by atoms with E-state index >= 15 is 0 Å². The van der Waals surface area contributed by atoms with Gasteiger partial charge in [0.05, 0.1) is 7.11 Å². The molecule has 1 aromatic rings. The Morgan fingerprint density at radius 2 is 1.88 bits per heavy atom. The van der Waals surface area contributed by atoms with Gasteiger partial charge in [-0.15, -0.1) is 0 Å². The summed E-state index contributed by atoms with van der Waals surface area (Å²) in [4.78, 5) is 11.0. The molecule has 0 aliphatic carbocycles. The molecule has 0 aromatic heterocycles. The minimum absolute atomic E-state index is 0.0151. The number of alkyl halides is 3. The summed E-state index contributed by atoms with van der Waals surface area (Å²) in [7, 11) is 1.21. The van der Waals surface area contributed by atoms with Crippen molar-refractivity contribution in [3.05, 3.63) is 17.2 Å². The number of carbonyl (C=O) groups is 1. The van der Waals surface area contributed by atoms with Crippen LogP contribution in [0.2, 0.25) is 0 Å². The van der Waals surface area contributed by atoms with Crippen LogP contribution in [0.15, 0.2) is 6.07 Å². The van der Waals surface area contributed by atoms with Crippen LogP contribution in [0.4, 0.5) is 13.2 Å². The lowest BCUT2D eigenvalue weighted by molar-refractivity contribution is -0.0888. The van der Waals surface area contributed by atoms with Gasteiger partial charge in [-0.3, -0.25) is 4.79 Å². The van der Waals surface area contributed by atoms with Crippen LogP contribution in [0.5, 0.6) is 17.2 Å². The Bertz CT molecular complexity index is 466. The summed E-state index contributed by atoms with van der Waals surface area (Å²) in [6.07, 6.45) is -5.17. The van der Waals surface area contributed by atoms with E-state index in [-0.39, 0.29) is 11.3 Å². The van der Waals surface area contributed by atoms with Crippen LogP contribution in [-0.2, 0) is 0 Å². The molecule has 0 amide bonds. The van der Waals surface area contributed by atoms with Crippen LogP contribution in [0.25, 0.3) is 0 Å². The highest BCUT2D eigenvalue weighted by Gasteiger charge is 2.42. The smallest absolute Gasteiger partial charge is 0.455 e. The molecule has 0 heterocycles. The highest BCUT2D eigenvalue weighted by atomic mass is 19.4. The summed E-state index contributed by atoms with van der Waals surface area (Å²) in [5.74, 6) is -4.24. The molecule has 0 aliphatic rings. The number of halogens is 3. The first kappa shape index (κ1) is 13.1. The molecular formula is C10H9F3O4. The van der Waals surface area contributed by atoms with E-state index in [9.17, 15) is 28.2 Å². The molecule has 1 rings (SSSR count). The number of benzene rings is 1. The average molecular weight is 250 g/mol. The second-order valence-electron chi connectivity index (χ2n) is 3.27. The van der Waals surface area contributed by atoms with E-state index in [1.165, 1.54) is 14.0 Å². The topological polar surface area (TPSA) is 66.8 Å². The van der Waals surface area contributed by atoms with Crippen LogP contribution in [-0.4, -0.2) is 29.3 Å². The van der Waals surface area contributed by atoms with E-state index in [1.807, 2.05) is 0 Å². The lowest BCUT2D eigenvalue weighted by Crippen LogP contribution is -2.23. The molecule has 4 nitrogen and oxygen atoms in total. The zero-order valence-corrected chi connectivity index (χ0v) is 8.92. The van der Waals surface area contributed by atoms with Crippen LogP contribution < -0.4 is 4.74 Å². The lowest BCUT2D eigenvalue weighted by atomic mass is 10.0. The number of ketones is 1. The zero-order chi connectivity index (χ0) is 13.4. The van der Waals surface area contributed by atoms with Gasteiger partial charge in [-0.1, -0.05) is 0 Å². The van der Waals surface area contributed by atoms with E-state index in [4.69, 9.17) is 4.74 Å². The Morgan fingerprint density at radius 3 is 2.29 bits per heavy atom. The molecule has 1 aromatic carbocycles. The van der Waals surface area contributed by atoms with E-state index in [0.717, 1.165) is 6.07 Å². The fourth-order valence-electron chi connectivity index (χ4n) is 1.31. The minimum Gasteiger partial charge on any atom is -0.507 e. The standard InChI is InChI=1S/C10H9F3O4/c1-4-6(17-2)3-5(14)7(8(4)15)9(16)10(11,12)13/h3,14-15H,1-2H3. The molecular weight excluding hydrogens is 241 g/mol. The minimum atomic E-state index is -5.17. The first-order chi connectivity index (χ1) is 7.70. The molecule has 0 atom stereocenters. The van der Waals surface area contributed by atoms with Gasteiger partial charge in [0.15, 0.2) is 0 Å². The first-order valence-corrected chi connectivity index (χ1v) is 4.41. The molecule has 0 fully saturated rings. The van der Waals surface area contributed by atoms with Gasteiger partial charge in [0, 0.05) is 11.6 Å². The van der Waals surface area contributed by atoms with Gasteiger partial charge in [-0.05, 0) is 6.92 Å². The average Bonchev–Trinajstić information content (AvgIpc) is 2.22. The van der Waals surface area contributed by atoms with Crippen molar-refractivity contribution in [1.82, 2.24) is 0 Å².